The minimum Gasteiger partial charge on any atom is -0.493 e. The molecule has 4 rings (SSSR count). The maximum atomic E-state index is 14.1. The topological polar surface area (TPSA) is 119 Å². The highest BCUT2D eigenvalue weighted by molar-refractivity contribution is 7.89. The SMILES string of the molecule is CC(C)CN(C[C@@H](O)C(Cc1ccccc1)N(NC(=O)CN1CCCC1)C(=O)CC(C)(C)C)S(=O)(=O)c1ccc2c(c1)CCO2. The van der Waals surface area contributed by atoms with Crippen molar-refractivity contribution in [3.63, 3.8) is 0 Å². The molecule has 2 N–H and O–H groups in total. The van der Waals surface area contributed by atoms with Crippen molar-refractivity contribution in [3.05, 3.63) is 59.7 Å². The second-order valence-corrected chi connectivity index (χ2v) is 15.9. The van der Waals surface area contributed by atoms with Gasteiger partial charge in [-0.25, -0.2) is 13.4 Å². The summed E-state index contributed by atoms with van der Waals surface area (Å²) in [6, 6.07) is 13.4. The molecule has 2 aromatic rings. The van der Waals surface area contributed by atoms with Gasteiger partial charge in [0.25, 0.3) is 5.91 Å². The number of ether oxygens (including phenoxy) is 1. The van der Waals surface area contributed by atoms with E-state index < -0.39 is 22.2 Å². The zero-order chi connectivity index (χ0) is 32.8. The summed E-state index contributed by atoms with van der Waals surface area (Å²) >= 11 is 0. The van der Waals surface area contributed by atoms with Gasteiger partial charge in [0.15, 0.2) is 0 Å². The van der Waals surface area contributed by atoms with Crippen LogP contribution in [-0.2, 0) is 32.5 Å². The Morgan fingerprint density at radius 1 is 1.04 bits per heavy atom. The first kappa shape index (κ1) is 34.9. The first-order valence-electron chi connectivity index (χ1n) is 16.0. The summed E-state index contributed by atoms with van der Waals surface area (Å²) in [6.07, 6.45) is 1.70. The first-order valence-corrected chi connectivity index (χ1v) is 17.5. The Bertz CT molecular complexity index is 1400. The van der Waals surface area contributed by atoms with Gasteiger partial charge in [0, 0.05) is 25.9 Å². The molecule has 10 nitrogen and oxygen atoms in total. The van der Waals surface area contributed by atoms with Crippen LogP contribution in [0.2, 0.25) is 0 Å². The van der Waals surface area contributed by atoms with E-state index >= 15 is 0 Å². The molecule has 2 aliphatic heterocycles. The Labute approximate surface area is 268 Å². The lowest BCUT2D eigenvalue weighted by molar-refractivity contribution is -0.149. The molecule has 11 heteroatoms. The number of aliphatic hydroxyl groups is 1. The lowest BCUT2D eigenvalue weighted by atomic mass is 9.91. The van der Waals surface area contributed by atoms with E-state index in [2.05, 4.69) is 5.43 Å². The van der Waals surface area contributed by atoms with Crippen LogP contribution >= 0.6 is 0 Å². The van der Waals surface area contributed by atoms with Crippen LogP contribution in [0.15, 0.2) is 53.4 Å². The van der Waals surface area contributed by atoms with Crippen LogP contribution in [0.4, 0.5) is 0 Å². The molecule has 0 aromatic heterocycles. The highest BCUT2D eigenvalue weighted by Gasteiger charge is 2.37. The van der Waals surface area contributed by atoms with Crippen molar-refractivity contribution in [3.8, 4) is 5.75 Å². The monoisotopic (exact) mass is 642 g/mol. The van der Waals surface area contributed by atoms with E-state index in [4.69, 9.17) is 4.74 Å². The second kappa shape index (κ2) is 15.1. The molecule has 2 aliphatic rings. The van der Waals surface area contributed by atoms with Crippen LogP contribution in [0, 0.1) is 11.3 Å². The van der Waals surface area contributed by atoms with Gasteiger partial charge in [-0.3, -0.25) is 19.9 Å². The van der Waals surface area contributed by atoms with Crippen molar-refractivity contribution in [2.75, 3.05) is 39.3 Å². The summed E-state index contributed by atoms with van der Waals surface area (Å²) in [5, 5.41) is 13.2. The summed E-state index contributed by atoms with van der Waals surface area (Å²) in [7, 11) is -4.01. The Morgan fingerprint density at radius 3 is 2.38 bits per heavy atom. The molecule has 2 amide bonds. The van der Waals surface area contributed by atoms with E-state index in [0.29, 0.717) is 18.8 Å². The second-order valence-electron chi connectivity index (χ2n) is 13.9. The number of rotatable bonds is 13. The van der Waals surface area contributed by atoms with E-state index in [0.717, 1.165) is 37.1 Å². The molecular formula is C34H50N4O6S. The third-order valence-electron chi connectivity index (χ3n) is 8.08. The number of benzene rings is 2. The molecule has 2 aromatic carbocycles. The molecule has 1 fully saturated rings. The molecular weight excluding hydrogens is 592 g/mol. The molecule has 45 heavy (non-hydrogen) atoms. The fraction of sp³-hybridized carbons (Fsp3) is 0.588. The normalized spacial score (nSPS) is 16.8. The number of carbonyl (C=O) groups is 2. The summed E-state index contributed by atoms with van der Waals surface area (Å²) in [6.45, 7) is 11.9. The Hall–Kier alpha value is -2.99. The van der Waals surface area contributed by atoms with Crippen molar-refractivity contribution in [2.24, 2.45) is 11.3 Å². The average molecular weight is 643 g/mol. The molecule has 248 valence electrons. The van der Waals surface area contributed by atoms with Crippen molar-refractivity contribution in [1.82, 2.24) is 19.6 Å². The molecule has 1 saturated heterocycles. The summed E-state index contributed by atoms with van der Waals surface area (Å²) in [5.74, 6) is -0.0216. The van der Waals surface area contributed by atoms with Crippen LogP contribution in [-0.4, -0.2) is 91.0 Å². The number of carbonyl (C=O) groups excluding carboxylic acids is 2. The van der Waals surface area contributed by atoms with Crippen molar-refractivity contribution in [1.29, 1.82) is 0 Å². The van der Waals surface area contributed by atoms with Gasteiger partial charge in [0.2, 0.25) is 15.9 Å². The molecule has 2 atom stereocenters. The number of hydrazine groups is 1. The van der Waals surface area contributed by atoms with Crippen molar-refractivity contribution in [2.45, 2.75) is 83.8 Å². The number of amides is 2. The van der Waals surface area contributed by atoms with Gasteiger partial charge in [0.1, 0.15) is 5.75 Å². The number of nitrogens with one attached hydrogen (secondary N) is 1. The molecule has 0 bridgehead atoms. The lowest BCUT2D eigenvalue weighted by Gasteiger charge is -2.38. The highest BCUT2D eigenvalue weighted by atomic mass is 32.2. The summed E-state index contributed by atoms with van der Waals surface area (Å²) < 4.78 is 35.0. The van der Waals surface area contributed by atoms with Gasteiger partial charge in [-0.2, -0.15) is 4.31 Å². The lowest BCUT2D eigenvalue weighted by Crippen LogP contribution is -2.60. The summed E-state index contributed by atoms with van der Waals surface area (Å²) in [4.78, 5) is 29.4. The zero-order valence-corrected chi connectivity index (χ0v) is 28.2. The van der Waals surface area contributed by atoms with E-state index in [1.54, 1.807) is 18.2 Å². The molecule has 2 heterocycles. The largest absolute Gasteiger partial charge is 0.493 e. The smallest absolute Gasteiger partial charge is 0.252 e. The number of sulfonamides is 1. The van der Waals surface area contributed by atoms with Crippen molar-refractivity contribution >= 4 is 21.8 Å². The van der Waals surface area contributed by atoms with Gasteiger partial charge >= 0.3 is 0 Å². The van der Waals surface area contributed by atoms with Crippen LogP contribution in [0.5, 0.6) is 5.75 Å². The fourth-order valence-corrected chi connectivity index (χ4v) is 7.59. The van der Waals surface area contributed by atoms with Gasteiger partial charge in [-0.05, 0) is 73.0 Å². The molecule has 0 aliphatic carbocycles. The standard InChI is InChI=1S/C34H50N4O6S/c1-25(2)22-37(45(42,43)28-13-14-31-27(20-28)15-18-44-31)23-30(39)29(19-26-11-7-6-8-12-26)38(33(41)21-34(3,4)5)35-32(40)24-36-16-9-10-17-36/h6-8,11-14,20,25,29-30,39H,9-10,15-19,21-24H2,1-5H3,(H,35,40)/t29?,30-/m1/s1. The first-order chi connectivity index (χ1) is 21.2. The predicted molar refractivity (Wildman–Crippen MR) is 174 cm³/mol. The quantitative estimate of drug-likeness (QED) is 0.321. The van der Waals surface area contributed by atoms with Crippen molar-refractivity contribution < 1.29 is 27.9 Å². The predicted octanol–water partition coefficient (Wildman–Crippen LogP) is 3.63. The Kier molecular flexibility index (Phi) is 11.7. The van der Waals surface area contributed by atoms with E-state index in [1.165, 1.54) is 9.31 Å². The maximum Gasteiger partial charge on any atom is 0.252 e. The molecule has 1 unspecified atom stereocenters. The highest BCUT2D eigenvalue weighted by Crippen LogP contribution is 2.30. The number of hydrogen-bond donors (Lipinski definition) is 2. The molecule has 0 saturated carbocycles. The van der Waals surface area contributed by atoms with E-state index in [9.17, 15) is 23.1 Å². The number of likely N-dealkylation sites (tertiary alicyclic amines) is 1. The third kappa shape index (κ3) is 9.75. The fourth-order valence-electron chi connectivity index (χ4n) is 5.92. The van der Waals surface area contributed by atoms with Gasteiger partial charge in [-0.15, -0.1) is 0 Å². The van der Waals surface area contributed by atoms with E-state index in [-0.39, 0.29) is 60.5 Å². The number of hydrogen-bond acceptors (Lipinski definition) is 7. The van der Waals surface area contributed by atoms with Crippen LogP contribution in [0.3, 0.4) is 0 Å². The summed E-state index contributed by atoms with van der Waals surface area (Å²) in [5.41, 5.74) is 4.14. The average Bonchev–Trinajstić information content (AvgIpc) is 3.65. The number of aliphatic hydroxyl groups excluding tert-OH is 1. The minimum absolute atomic E-state index is 0.0314. The molecule has 0 spiro atoms. The minimum atomic E-state index is -4.01. The van der Waals surface area contributed by atoms with Crippen LogP contribution < -0.4 is 10.2 Å². The maximum absolute atomic E-state index is 14.1. The van der Waals surface area contributed by atoms with Crippen LogP contribution in [0.25, 0.3) is 0 Å². The zero-order valence-electron chi connectivity index (χ0n) is 27.4. The Balaban J connectivity index is 1.67. The third-order valence-corrected chi connectivity index (χ3v) is 9.91. The number of nitrogens with zero attached hydrogens (tertiary/aromatic N) is 3. The van der Waals surface area contributed by atoms with Gasteiger partial charge < -0.3 is 9.84 Å². The molecule has 0 radical (unpaired) electrons. The Morgan fingerprint density at radius 2 is 1.73 bits per heavy atom. The number of fused-ring (bicyclic) bond motifs is 1. The van der Waals surface area contributed by atoms with E-state index in [1.807, 2.05) is 69.9 Å². The van der Waals surface area contributed by atoms with Gasteiger partial charge in [0.05, 0.1) is 30.2 Å². The van der Waals surface area contributed by atoms with Crippen LogP contribution in [0.1, 0.15) is 65.0 Å². The van der Waals surface area contributed by atoms with Gasteiger partial charge in [-0.1, -0.05) is 65.0 Å².